The first kappa shape index (κ1) is 27.3. The third-order valence-electron chi connectivity index (χ3n) is 6.22. The van der Waals surface area contributed by atoms with Gasteiger partial charge in [0.1, 0.15) is 23.0 Å². The highest BCUT2D eigenvalue weighted by Crippen LogP contribution is 2.33. The molecule has 0 aliphatic heterocycles. The van der Waals surface area contributed by atoms with Crippen LogP contribution in [0.15, 0.2) is 95.9 Å². The normalized spacial score (nSPS) is 10.7. The maximum absolute atomic E-state index is 12.7. The minimum Gasteiger partial charge on any atom is -0.497 e. The Labute approximate surface area is 227 Å². The largest absolute Gasteiger partial charge is 0.497 e. The lowest BCUT2D eigenvalue weighted by Crippen LogP contribution is -2.21. The van der Waals surface area contributed by atoms with Gasteiger partial charge < -0.3 is 28.6 Å². The summed E-state index contributed by atoms with van der Waals surface area (Å²) in [7, 11) is 3.28. The van der Waals surface area contributed by atoms with E-state index in [9.17, 15) is 9.59 Å². The second-order valence-electron chi connectivity index (χ2n) is 8.83. The Kier molecular flexibility index (Phi) is 9.24. The summed E-state index contributed by atoms with van der Waals surface area (Å²) in [6.45, 7) is 0.427. The molecule has 3 aromatic carbocycles. The first-order chi connectivity index (χ1) is 19.0. The van der Waals surface area contributed by atoms with Crippen molar-refractivity contribution >= 4 is 5.97 Å². The number of pyridine rings is 1. The molecule has 1 heterocycles. The molecular weight excluding hydrogens is 498 g/mol. The van der Waals surface area contributed by atoms with E-state index in [1.54, 1.807) is 49.1 Å². The van der Waals surface area contributed by atoms with Crippen molar-refractivity contribution in [2.45, 2.75) is 18.9 Å². The van der Waals surface area contributed by atoms with E-state index in [1.165, 1.54) is 0 Å². The molecule has 4 aromatic rings. The summed E-state index contributed by atoms with van der Waals surface area (Å²) in [6.07, 6.45) is 2.50. The molecule has 0 saturated heterocycles. The van der Waals surface area contributed by atoms with Gasteiger partial charge in [0.15, 0.2) is 6.61 Å². The van der Waals surface area contributed by atoms with Crippen molar-refractivity contribution < 1.29 is 28.8 Å². The molecule has 202 valence electrons. The van der Waals surface area contributed by atoms with Gasteiger partial charge in [0.2, 0.25) is 0 Å². The number of aliphatic carboxylic acids is 1. The molecule has 0 atom stereocenters. The van der Waals surface area contributed by atoms with E-state index in [4.69, 9.17) is 24.1 Å². The molecule has 0 amide bonds. The Morgan fingerprint density at radius 3 is 1.90 bits per heavy atom. The molecule has 0 spiro atoms. The fraction of sp³-hybridized carbons (Fsp3) is 0.226. The third kappa shape index (κ3) is 7.41. The highest BCUT2D eigenvalue weighted by molar-refractivity contribution is 5.68. The Morgan fingerprint density at radius 1 is 0.769 bits per heavy atom. The summed E-state index contributed by atoms with van der Waals surface area (Å²) in [5, 5.41) is 8.78. The third-order valence-corrected chi connectivity index (χ3v) is 6.22. The van der Waals surface area contributed by atoms with Gasteiger partial charge in [-0.15, -0.1) is 0 Å². The number of rotatable bonds is 13. The number of carboxylic acid groups (broad SMARTS) is 1. The van der Waals surface area contributed by atoms with Crippen LogP contribution >= 0.6 is 0 Å². The summed E-state index contributed by atoms with van der Waals surface area (Å²) in [5.41, 5.74) is 3.03. The Morgan fingerprint density at radius 2 is 1.33 bits per heavy atom. The minimum atomic E-state index is -1.05. The number of carboxylic acids is 1. The summed E-state index contributed by atoms with van der Waals surface area (Å²) < 4.78 is 23.4. The minimum absolute atomic E-state index is 0.0916. The van der Waals surface area contributed by atoms with Crippen LogP contribution in [-0.4, -0.2) is 43.1 Å². The molecule has 4 rings (SSSR count). The number of hydrogen-bond donors (Lipinski definition) is 1. The molecule has 1 aromatic heterocycles. The molecular formula is C31H31NO7. The zero-order chi connectivity index (χ0) is 27.6. The second kappa shape index (κ2) is 13.2. The molecule has 0 radical (unpaired) electrons. The van der Waals surface area contributed by atoms with Gasteiger partial charge in [-0.1, -0.05) is 36.4 Å². The first-order valence-electron chi connectivity index (χ1n) is 12.5. The SMILES string of the molecule is COc1ccc(C(c2ccc(OC)cc2)c2ccc(=O)n(CCCOc3cccc(OCC(=O)O)c3)c2)cc1. The summed E-state index contributed by atoms with van der Waals surface area (Å²) in [5.74, 6) is 1.39. The lowest BCUT2D eigenvalue weighted by Gasteiger charge is -2.20. The van der Waals surface area contributed by atoms with Gasteiger partial charge in [0, 0.05) is 30.8 Å². The first-order valence-corrected chi connectivity index (χ1v) is 12.5. The molecule has 0 aliphatic rings. The van der Waals surface area contributed by atoms with Gasteiger partial charge in [0.25, 0.3) is 5.56 Å². The van der Waals surface area contributed by atoms with Crippen molar-refractivity contribution in [2.24, 2.45) is 0 Å². The van der Waals surface area contributed by atoms with Crippen LogP contribution in [0, 0.1) is 0 Å². The Hall–Kier alpha value is -4.72. The smallest absolute Gasteiger partial charge is 0.341 e. The number of carbonyl (C=O) groups is 1. The number of ether oxygens (including phenoxy) is 4. The number of benzene rings is 3. The van der Waals surface area contributed by atoms with Crippen LogP contribution in [0.4, 0.5) is 0 Å². The zero-order valence-electron chi connectivity index (χ0n) is 21.9. The predicted molar refractivity (Wildman–Crippen MR) is 147 cm³/mol. The predicted octanol–water partition coefficient (Wildman–Crippen LogP) is 4.98. The van der Waals surface area contributed by atoms with Gasteiger partial charge >= 0.3 is 5.97 Å². The average molecular weight is 530 g/mol. The molecule has 1 N–H and O–H groups in total. The fourth-order valence-corrected chi connectivity index (χ4v) is 4.29. The van der Waals surface area contributed by atoms with Crippen LogP contribution in [0.5, 0.6) is 23.0 Å². The van der Waals surface area contributed by atoms with E-state index in [1.807, 2.05) is 60.8 Å². The molecule has 0 fully saturated rings. The molecule has 8 heteroatoms. The average Bonchev–Trinajstić information content (AvgIpc) is 2.96. The monoisotopic (exact) mass is 529 g/mol. The molecule has 39 heavy (non-hydrogen) atoms. The number of aryl methyl sites for hydroxylation is 1. The highest BCUT2D eigenvalue weighted by atomic mass is 16.5. The van der Waals surface area contributed by atoms with Crippen molar-refractivity contribution in [2.75, 3.05) is 27.4 Å². The topological polar surface area (TPSA) is 96.2 Å². The zero-order valence-corrected chi connectivity index (χ0v) is 21.9. The van der Waals surface area contributed by atoms with Crippen LogP contribution in [-0.2, 0) is 11.3 Å². The number of hydrogen-bond acceptors (Lipinski definition) is 6. The number of nitrogens with zero attached hydrogens (tertiary/aromatic N) is 1. The van der Waals surface area contributed by atoms with Crippen molar-refractivity contribution in [3.8, 4) is 23.0 Å². The van der Waals surface area contributed by atoms with Crippen LogP contribution in [0.25, 0.3) is 0 Å². The molecule has 8 nitrogen and oxygen atoms in total. The van der Waals surface area contributed by atoms with E-state index in [-0.39, 0.29) is 11.5 Å². The molecule has 0 aliphatic carbocycles. The highest BCUT2D eigenvalue weighted by Gasteiger charge is 2.18. The summed E-state index contributed by atoms with van der Waals surface area (Å²) in [4.78, 5) is 23.4. The molecule has 0 bridgehead atoms. The van der Waals surface area contributed by atoms with Crippen LogP contribution in [0.1, 0.15) is 29.0 Å². The van der Waals surface area contributed by atoms with Crippen LogP contribution in [0.3, 0.4) is 0 Å². The van der Waals surface area contributed by atoms with E-state index in [2.05, 4.69) is 0 Å². The van der Waals surface area contributed by atoms with Gasteiger partial charge in [-0.2, -0.15) is 0 Å². The maximum atomic E-state index is 12.7. The van der Waals surface area contributed by atoms with E-state index >= 15 is 0 Å². The quantitative estimate of drug-likeness (QED) is 0.244. The van der Waals surface area contributed by atoms with E-state index in [0.717, 1.165) is 28.2 Å². The summed E-state index contributed by atoms with van der Waals surface area (Å²) >= 11 is 0. The van der Waals surface area contributed by atoms with Crippen LogP contribution < -0.4 is 24.5 Å². The van der Waals surface area contributed by atoms with Gasteiger partial charge in [-0.25, -0.2) is 4.79 Å². The maximum Gasteiger partial charge on any atom is 0.341 e. The lowest BCUT2D eigenvalue weighted by molar-refractivity contribution is -0.139. The van der Waals surface area contributed by atoms with Crippen molar-refractivity contribution in [3.05, 3.63) is 118 Å². The van der Waals surface area contributed by atoms with E-state index < -0.39 is 12.6 Å². The van der Waals surface area contributed by atoms with Gasteiger partial charge in [-0.05, 0) is 59.5 Å². The molecule has 0 unspecified atom stereocenters. The Balaban J connectivity index is 1.49. The lowest BCUT2D eigenvalue weighted by atomic mass is 9.86. The summed E-state index contributed by atoms with van der Waals surface area (Å²) in [6, 6.07) is 26.1. The second-order valence-corrected chi connectivity index (χ2v) is 8.83. The van der Waals surface area contributed by atoms with Gasteiger partial charge in [-0.3, -0.25) is 4.79 Å². The van der Waals surface area contributed by atoms with Crippen LogP contribution in [0.2, 0.25) is 0 Å². The Bertz CT molecular complexity index is 1380. The van der Waals surface area contributed by atoms with Crippen molar-refractivity contribution in [3.63, 3.8) is 0 Å². The standard InChI is InChI=1S/C31H31NO7/c1-36-25-12-7-22(8-13-25)31(23-9-14-26(37-2)15-10-23)24-11-16-29(33)32(20-24)17-4-18-38-27-5-3-6-28(19-27)39-21-30(34)35/h3,5-16,19-20,31H,4,17-18,21H2,1-2H3,(H,34,35). The molecule has 0 saturated carbocycles. The van der Waals surface area contributed by atoms with Crippen molar-refractivity contribution in [1.82, 2.24) is 4.57 Å². The van der Waals surface area contributed by atoms with Crippen molar-refractivity contribution in [1.29, 1.82) is 0 Å². The fourth-order valence-electron chi connectivity index (χ4n) is 4.29. The number of aromatic nitrogens is 1. The van der Waals surface area contributed by atoms with E-state index in [0.29, 0.717) is 31.1 Å². The van der Waals surface area contributed by atoms with Gasteiger partial charge in [0.05, 0.1) is 20.8 Å². The number of methoxy groups -OCH3 is 2.